The summed E-state index contributed by atoms with van der Waals surface area (Å²) in [7, 11) is 0. The van der Waals surface area contributed by atoms with Gasteiger partial charge in [-0.05, 0) is 55.3 Å². The Kier molecular flexibility index (Phi) is 5.48. The number of H-pyrrole nitrogens is 1. The summed E-state index contributed by atoms with van der Waals surface area (Å²) < 4.78 is 0. The van der Waals surface area contributed by atoms with Gasteiger partial charge in [-0.1, -0.05) is 23.7 Å². The number of aromatic amines is 1. The predicted molar refractivity (Wildman–Crippen MR) is 120 cm³/mol. The van der Waals surface area contributed by atoms with E-state index >= 15 is 0 Å². The monoisotopic (exact) mass is 437 g/mol. The van der Waals surface area contributed by atoms with Crippen LogP contribution in [0.4, 0.5) is 23.1 Å². The maximum Gasteiger partial charge on any atom is 0.258 e. The number of hydrogen-bond donors (Lipinski definition) is 4. The standard InChI is InChI=1S/C22H20ClN5O3/c1-11-3-4-12(2)16(9-11)25-20(30)15-10-17(29)26-19-18(15)21(31)28-22(27-19)24-14-7-5-13(23)6-8-14/h3-9,15H,10H2,1-2H3,(H,25,30)(H3,24,26,27,28,29,31)/t15-/m1/s1. The van der Waals surface area contributed by atoms with E-state index in [4.69, 9.17) is 11.6 Å². The molecule has 2 aromatic carbocycles. The lowest BCUT2D eigenvalue weighted by atomic mass is 9.92. The summed E-state index contributed by atoms with van der Waals surface area (Å²) in [6.45, 7) is 3.79. The lowest BCUT2D eigenvalue weighted by molar-refractivity contribution is -0.123. The first-order chi connectivity index (χ1) is 14.8. The number of amides is 2. The minimum atomic E-state index is -0.954. The molecule has 0 radical (unpaired) electrons. The number of nitrogens with one attached hydrogen (secondary N) is 4. The normalized spacial score (nSPS) is 15.1. The molecule has 4 N–H and O–H groups in total. The van der Waals surface area contributed by atoms with Crippen molar-refractivity contribution in [2.75, 3.05) is 16.0 Å². The first-order valence-corrected chi connectivity index (χ1v) is 10.0. The number of halogens is 1. The van der Waals surface area contributed by atoms with Gasteiger partial charge in [0.15, 0.2) is 0 Å². The van der Waals surface area contributed by atoms with Crippen molar-refractivity contribution in [2.45, 2.75) is 26.2 Å². The molecule has 1 atom stereocenters. The van der Waals surface area contributed by atoms with E-state index in [-0.39, 0.29) is 29.7 Å². The number of anilines is 4. The molecule has 0 saturated carbocycles. The summed E-state index contributed by atoms with van der Waals surface area (Å²) in [6, 6.07) is 12.5. The SMILES string of the molecule is Cc1ccc(C)c(NC(=O)[C@@H]2CC(=O)Nc3nc(Nc4ccc(Cl)cc4)[nH]c(=O)c32)c1. The molecule has 3 aromatic rings. The molecule has 2 heterocycles. The van der Waals surface area contributed by atoms with E-state index in [2.05, 4.69) is 25.9 Å². The Bertz CT molecular complexity index is 1240. The summed E-state index contributed by atoms with van der Waals surface area (Å²) in [4.78, 5) is 45.0. The highest BCUT2D eigenvalue weighted by Gasteiger charge is 2.35. The molecule has 158 valence electrons. The maximum absolute atomic E-state index is 13.0. The van der Waals surface area contributed by atoms with Crippen LogP contribution in [0.1, 0.15) is 29.0 Å². The number of aryl methyl sites for hydroxylation is 2. The van der Waals surface area contributed by atoms with Gasteiger partial charge in [-0.3, -0.25) is 19.4 Å². The third-order valence-corrected chi connectivity index (χ3v) is 5.28. The zero-order chi connectivity index (χ0) is 22.1. The zero-order valence-electron chi connectivity index (χ0n) is 16.9. The number of hydrogen-bond acceptors (Lipinski definition) is 5. The lowest BCUT2D eigenvalue weighted by Gasteiger charge is -2.24. The number of aromatic nitrogens is 2. The third-order valence-electron chi connectivity index (χ3n) is 5.03. The minimum absolute atomic E-state index is 0.0672. The molecular weight excluding hydrogens is 418 g/mol. The van der Waals surface area contributed by atoms with Crippen molar-refractivity contribution < 1.29 is 9.59 Å². The Balaban J connectivity index is 1.65. The molecule has 9 heteroatoms. The average molecular weight is 438 g/mol. The Morgan fingerprint density at radius 2 is 1.87 bits per heavy atom. The van der Waals surface area contributed by atoms with Crippen molar-refractivity contribution in [1.29, 1.82) is 0 Å². The molecule has 0 aliphatic carbocycles. The molecule has 8 nitrogen and oxygen atoms in total. The van der Waals surface area contributed by atoms with Crippen LogP contribution in [0.5, 0.6) is 0 Å². The van der Waals surface area contributed by atoms with Gasteiger partial charge in [0.1, 0.15) is 5.82 Å². The van der Waals surface area contributed by atoms with E-state index < -0.39 is 17.4 Å². The summed E-state index contributed by atoms with van der Waals surface area (Å²) in [6.07, 6.45) is -0.140. The quantitative estimate of drug-likeness (QED) is 0.494. The van der Waals surface area contributed by atoms with Crippen LogP contribution in [0.25, 0.3) is 0 Å². The van der Waals surface area contributed by atoms with E-state index in [1.807, 2.05) is 32.0 Å². The van der Waals surface area contributed by atoms with Gasteiger partial charge in [-0.15, -0.1) is 0 Å². The molecular formula is C22H20ClN5O3. The molecule has 2 amide bonds. The van der Waals surface area contributed by atoms with Crippen LogP contribution in [-0.4, -0.2) is 21.8 Å². The van der Waals surface area contributed by atoms with Crippen molar-refractivity contribution in [2.24, 2.45) is 0 Å². The summed E-state index contributed by atoms with van der Waals surface area (Å²) >= 11 is 5.89. The highest BCUT2D eigenvalue weighted by molar-refractivity contribution is 6.30. The summed E-state index contributed by atoms with van der Waals surface area (Å²) in [5.41, 5.74) is 2.79. The van der Waals surface area contributed by atoms with Crippen LogP contribution < -0.4 is 21.5 Å². The maximum atomic E-state index is 13.0. The van der Waals surface area contributed by atoms with Crippen LogP contribution in [0.3, 0.4) is 0 Å². The Labute approximate surface area is 183 Å². The van der Waals surface area contributed by atoms with Crippen LogP contribution in [0.2, 0.25) is 5.02 Å². The van der Waals surface area contributed by atoms with Gasteiger partial charge in [0, 0.05) is 22.8 Å². The van der Waals surface area contributed by atoms with E-state index in [0.717, 1.165) is 11.1 Å². The van der Waals surface area contributed by atoms with Crippen LogP contribution in [0, 0.1) is 13.8 Å². The molecule has 1 aliphatic rings. The molecule has 0 saturated heterocycles. The summed E-state index contributed by atoms with van der Waals surface area (Å²) in [5, 5.41) is 8.96. The van der Waals surface area contributed by atoms with Crippen LogP contribution >= 0.6 is 11.6 Å². The topological polar surface area (TPSA) is 116 Å². The van der Waals surface area contributed by atoms with E-state index in [0.29, 0.717) is 16.4 Å². The van der Waals surface area contributed by atoms with Crippen LogP contribution in [0.15, 0.2) is 47.3 Å². The van der Waals surface area contributed by atoms with Gasteiger partial charge in [-0.2, -0.15) is 4.98 Å². The lowest BCUT2D eigenvalue weighted by Crippen LogP contribution is -2.36. The highest BCUT2D eigenvalue weighted by atomic mass is 35.5. The molecule has 1 aliphatic heterocycles. The van der Waals surface area contributed by atoms with E-state index in [1.165, 1.54) is 0 Å². The van der Waals surface area contributed by atoms with Crippen molar-refractivity contribution in [1.82, 2.24) is 9.97 Å². The van der Waals surface area contributed by atoms with Crippen LogP contribution in [-0.2, 0) is 9.59 Å². The van der Waals surface area contributed by atoms with Crippen molar-refractivity contribution in [3.8, 4) is 0 Å². The van der Waals surface area contributed by atoms with Gasteiger partial charge in [0.2, 0.25) is 17.8 Å². The third kappa shape index (κ3) is 4.44. The zero-order valence-corrected chi connectivity index (χ0v) is 17.6. The average Bonchev–Trinajstić information content (AvgIpc) is 2.71. The predicted octanol–water partition coefficient (Wildman–Crippen LogP) is 3.85. The second-order valence-corrected chi connectivity index (χ2v) is 7.86. The molecule has 0 unspecified atom stereocenters. The summed E-state index contributed by atoms with van der Waals surface area (Å²) in [5.74, 6) is -1.57. The number of carbonyl (C=O) groups is 2. The second kappa shape index (κ2) is 8.23. The molecule has 31 heavy (non-hydrogen) atoms. The van der Waals surface area contributed by atoms with Gasteiger partial charge in [0.25, 0.3) is 5.56 Å². The number of benzene rings is 2. The van der Waals surface area contributed by atoms with Gasteiger partial charge in [0.05, 0.1) is 11.5 Å². The largest absolute Gasteiger partial charge is 0.326 e. The number of rotatable bonds is 4. The van der Waals surface area contributed by atoms with Gasteiger partial charge < -0.3 is 16.0 Å². The number of nitrogens with zero attached hydrogens (tertiary/aromatic N) is 1. The Morgan fingerprint density at radius 3 is 2.61 bits per heavy atom. The smallest absolute Gasteiger partial charge is 0.258 e. The first-order valence-electron chi connectivity index (χ1n) is 9.65. The van der Waals surface area contributed by atoms with Gasteiger partial charge in [-0.25, -0.2) is 0 Å². The number of carbonyl (C=O) groups excluding carboxylic acids is 2. The Morgan fingerprint density at radius 1 is 1.13 bits per heavy atom. The van der Waals surface area contributed by atoms with Crippen molar-refractivity contribution >= 4 is 46.6 Å². The molecule has 0 fully saturated rings. The fourth-order valence-electron chi connectivity index (χ4n) is 3.41. The fourth-order valence-corrected chi connectivity index (χ4v) is 3.54. The minimum Gasteiger partial charge on any atom is -0.326 e. The first kappa shape index (κ1) is 20.6. The fraction of sp³-hybridized carbons (Fsp3) is 0.182. The van der Waals surface area contributed by atoms with Crippen molar-refractivity contribution in [3.63, 3.8) is 0 Å². The molecule has 0 bridgehead atoms. The van der Waals surface area contributed by atoms with E-state index in [1.54, 1.807) is 24.3 Å². The molecule has 1 aromatic heterocycles. The Hall–Kier alpha value is -3.65. The molecule has 0 spiro atoms. The van der Waals surface area contributed by atoms with E-state index in [9.17, 15) is 14.4 Å². The van der Waals surface area contributed by atoms with Crippen molar-refractivity contribution in [3.05, 3.63) is 74.5 Å². The highest BCUT2D eigenvalue weighted by Crippen LogP contribution is 2.30. The number of fused-ring (bicyclic) bond motifs is 1. The second-order valence-electron chi connectivity index (χ2n) is 7.42. The van der Waals surface area contributed by atoms with Gasteiger partial charge >= 0.3 is 0 Å². The molecule has 4 rings (SSSR count).